The summed E-state index contributed by atoms with van der Waals surface area (Å²) in [4.78, 5) is 0. The van der Waals surface area contributed by atoms with E-state index in [2.05, 4.69) is 4.74 Å². The molecule has 20 heavy (non-hydrogen) atoms. The summed E-state index contributed by atoms with van der Waals surface area (Å²) in [5, 5.41) is 0.168. The molecule has 0 fully saturated rings. The van der Waals surface area contributed by atoms with Crippen LogP contribution in [0.1, 0.15) is 0 Å². The number of benzene rings is 2. The van der Waals surface area contributed by atoms with E-state index < -0.39 is 13.5 Å². The van der Waals surface area contributed by atoms with Gasteiger partial charge in [0.1, 0.15) is 5.75 Å². The molecule has 0 aliphatic rings. The first-order chi connectivity index (χ1) is 8.96. The molecule has 0 atom stereocenters. The van der Waals surface area contributed by atoms with Gasteiger partial charge < -0.3 is 17.7 Å². The van der Waals surface area contributed by atoms with Gasteiger partial charge in [0.05, 0.1) is 11.5 Å². The Balaban J connectivity index is 0.00000200. The Morgan fingerprint density at radius 2 is 1.60 bits per heavy atom. The summed E-state index contributed by atoms with van der Waals surface area (Å²) >= 11 is 5.92. The second kappa shape index (κ2) is 7.87. The first kappa shape index (κ1) is 18.1. The van der Waals surface area contributed by atoms with Crippen molar-refractivity contribution in [1.82, 2.24) is 0 Å². The minimum Gasteiger partial charge on any atom is -0.520 e. The molecule has 0 heterocycles. The number of ether oxygens (including phenoxy) is 1. The van der Waals surface area contributed by atoms with Gasteiger partial charge in [-0.05, 0) is 23.3 Å². The molecule has 0 saturated heterocycles. The maximum absolute atomic E-state index is 12.1. The quantitative estimate of drug-likeness (QED) is 0.779. The van der Waals surface area contributed by atoms with Gasteiger partial charge in [-0.2, -0.15) is 0 Å². The molecule has 0 amide bonds. The van der Waals surface area contributed by atoms with Crippen LogP contribution in [0.2, 0.25) is 5.02 Å². The Kier molecular flexibility index (Phi) is 7.11. The second-order valence-corrected chi connectivity index (χ2v) is 4.44. The van der Waals surface area contributed by atoms with Gasteiger partial charge >= 0.3 is 58.4 Å². The second-order valence-electron chi connectivity index (χ2n) is 4.03. The molecule has 2 rings (SSSR count). The fourth-order valence-electron chi connectivity index (χ4n) is 1.61. The first-order valence-corrected chi connectivity index (χ1v) is 6.02. The third-order valence-electron chi connectivity index (χ3n) is 2.47. The van der Waals surface area contributed by atoms with Crippen LogP contribution in [-0.2, 0) is 0 Å². The number of halogens is 4. The van der Waals surface area contributed by atoms with Crippen LogP contribution in [-0.4, -0.2) is 13.5 Å². The fraction of sp³-hybridized carbons (Fsp3) is 0.0769. The van der Waals surface area contributed by atoms with Gasteiger partial charge in [-0.15, -0.1) is 0 Å². The number of hydrogen-bond donors (Lipinski definition) is 0. The molecule has 1 nitrogen and oxygen atoms in total. The van der Waals surface area contributed by atoms with Crippen molar-refractivity contribution in [3.63, 3.8) is 0 Å². The molecule has 0 aliphatic carbocycles. The van der Waals surface area contributed by atoms with Crippen LogP contribution in [0.4, 0.5) is 12.9 Å². The molecule has 0 unspecified atom stereocenters. The van der Waals surface area contributed by atoms with Crippen molar-refractivity contribution in [2.45, 2.75) is 0 Å². The smallest absolute Gasteiger partial charge is 0.520 e. The minimum absolute atomic E-state index is 0. The van der Waals surface area contributed by atoms with Crippen LogP contribution in [0.5, 0.6) is 5.75 Å². The zero-order chi connectivity index (χ0) is 13.9. The predicted octanol–water partition coefficient (Wildman–Crippen LogP) is 1.78. The van der Waals surface area contributed by atoms with E-state index in [4.69, 9.17) is 11.6 Å². The van der Waals surface area contributed by atoms with E-state index in [9.17, 15) is 12.9 Å². The molecule has 0 aliphatic heterocycles. The van der Waals surface area contributed by atoms with Crippen LogP contribution in [0.3, 0.4) is 0 Å². The summed E-state index contributed by atoms with van der Waals surface area (Å²) < 4.78 is 41.0. The summed E-state index contributed by atoms with van der Waals surface area (Å²) in [5.74, 6) is 0.0422. The van der Waals surface area contributed by atoms with Crippen LogP contribution < -0.4 is 56.1 Å². The van der Waals surface area contributed by atoms with Crippen molar-refractivity contribution in [2.75, 3.05) is 6.51 Å². The van der Waals surface area contributed by atoms with Crippen molar-refractivity contribution >= 4 is 18.6 Å². The van der Waals surface area contributed by atoms with Gasteiger partial charge in [0, 0.05) is 0 Å². The van der Waals surface area contributed by atoms with Gasteiger partial charge in [-0.3, -0.25) is 0 Å². The SMILES string of the molecule is F[B-](F)(F)COc1ccc(-c2ccccc2)cc1Cl.[K+]. The molecule has 0 aromatic heterocycles. The van der Waals surface area contributed by atoms with E-state index in [1.54, 1.807) is 12.1 Å². The summed E-state index contributed by atoms with van der Waals surface area (Å²) in [6.45, 7) is -6.27. The monoisotopic (exact) mass is 324 g/mol. The topological polar surface area (TPSA) is 9.23 Å². The van der Waals surface area contributed by atoms with Crippen molar-refractivity contribution in [1.29, 1.82) is 0 Å². The van der Waals surface area contributed by atoms with Gasteiger partial charge in [-0.25, -0.2) is 0 Å². The predicted molar refractivity (Wildman–Crippen MR) is 71.5 cm³/mol. The van der Waals surface area contributed by atoms with E-state index >= 15 is 0 Å². The van der Waals surface area contributed by atoms with E-state index in [0.717, 1.165) is 11.1 Å². The third kappa shape index (κ3) is 5.43. The van der Waals surface area contributed by atoms with Gasteiger partial charge in [0.25, 0.3) is 0 Å². The Morgan fingerprint density at radius 1 is 0.950 bits per heavy atom. The van der Waals surface area contributed by atoms with Crippen LogP contribution in [0.15, 0.2) is 48.5 Å². The minimum atomic E-state index is -4.98. The van der Waals surface area contributed by atoms with E-state index in [1.807, 2.05) is 30.3 Å². The van der Waals surface area contributed by atoms with Crippen molar-refractivity contribution in [3.8, 4) is 16.9 Å². The normalized spacial score (nSPS) is 10.8. The molecule has 0 bridgehead atoms. The Hall–Kier alpha value is 0.0213. The maximum Gasteiger partial charge on any atom is 1.00 e. The van der Waals surface area contributed by atoms with Crippen molar-refractivity contribution in [3.05, 3.63) is 53.6 Å². The standard InChI is InChI=1S/C13H10BClF3O.K/c15-12-8-11(10-4-2-1-3-5-10)6-7-13(12)19-9-14(16,17)18;/h1-8H,9H2;/q-1;+1. The number of hydrogen-bond acceptors (Lipinski definition) is 1. The maximum atomic E-state index is 12.1. The van der Waals surface area contributed by atoms with Gasteiger partial charge in [0.15, 0.2) is 0 Å². The molecular weight excluding hydrogens is 314 g/mol. The van der Waals surface area contributed by atoms with Crippen molar-refractivity contribution in [2.24, 2.45) is 0 Å². The molecule has 7 heteroatoms. The summed E-state index contributed by atoms with van der Waals surface area (Å²) in [7, 11) is 0. The summed E-state index contributed by atoms with van der Waals surface area (Å²) in [5.41, 5.74) is 1.77. The average molecular weight is 325 g/mol. The Morgan fingerprint density at radius 3 is 2.15 bits per heavy atom. The van der Waals surface area contributed by atoms with Crippen LogP contribution >= 0.6 is 11.6 Å². The largest absolute Gasteiger partial charge is 1.00 e. The molecular formula is C13H10BClF3KO. The first-order valence-electron chi connectivity index (χ1n) is 5.64. The molecule has 0 N–H and O–H groups in total. The van der Waals surface area contributed by atoms with Crippen molar-refractivity contribution < 1.29 is 69.1 Å². The Labute approximate surface area is 162 Å². The zero-order valence-electron chi connectivity index (χ0n) is 10.8. The summed E-state index contributed by atoms with van der Waals surface area (Å²) in [6.07, 6.45) is 0. The average Bonchev–Trinajstić information content (AvgIpc) is 2.37. The van der Waals surface area contributed by atoms with E-state index in [-0.39, 0.29) is 62.2 Å². The van der Waals surface area contributed by atoms with E-state index in [0.29, 0.717) is 0 Å². The molecule has 2 aromatic carbocycles. The number of rotatable bonds is 4. The Bertz CT molecular complexity index is 563. The van der Waals surface area contributed by atoms with Gasteiger partial charge in [0.2, 0.25) is 0 Å². The molecule has 0 saturated carbocycles. The van der Waals surface area contributed by atoms with Crippen LogP contribution in [0.25, 0.3) is 11.1 Å². The third-order valence-corrected chi connectivity index (χ3v) is 2.76. The fourth-order valence-corrected chi connectivity index (χ4v) is 1.85. The summed E-state index contributed by atoms with van der Waals surface area (Å²) in [6, 6.07) is 14.1. The molecule has 0 radical (unpaired) electrons. The molecule has 100 valence electrons. The molecule has 0 spiro atoms. The van der Waals surface area contributed by atoms with E-state index in [1.165, 1.54) is 6.07 Å². The van der Waals surface area contributed by atoms with Crippen LogP contribution in [0, 0.1) is 0 Å². The molecule has 2 aromatic rings. The zero-order valence-corrected chi connectivity index (χ0v) is 14.7. The van der Waals surface area contributed by atoms with Gasteiger partial charge in [-0.1, -0.05) is 48.0 Å².